The van der Waals surface area contributed by atoms with Crippen LogP contribution in [0.4, 0.5) is 0 Å². The molecule has 0 N–H and O–H groups in total. The molecule has 1 spiro atoms. The van der Waals surface area contributed by atoms with Crippen molar-refractivity contribution in [1.29, 1.82) is 0 Å². The Bertz CT molecular complexity index is 3300. The molecular formula is C45H26O. The van der Waals surface area contributed by atoms with Crippen molar-refractivity contribution in [2.75, 3.05) is 0 Å². The van der Waals surface area contributed by atoms with Gasteiger partial charge in [-0.3, -0.25) is 0 Å². The van der Waals surface area contributed by atoms with Crippen LogP contribution in [-0.4, -0.2) is 0 Å². The number of hydrogen-bond donors (Lipinski definition) is 0. The maximum atomic E-state index is 10.3. The minimum absolute atomic E-state index is 0.00472. The highest BCUT2D eigenvalue weighted by Crippen LogP contribution is 2.64. The van der Waals surface area contributed by atoms with Crippen molar-refractivity contribution < 1.29 is 21.2 Å². The molecule has 8 aromatic carbocycles. The van der Waals surface area contributed by atoms with E-state index in [-0.39, 0.29) is 73.6 Å². The van der Waals surface area contributed by atoms with Gasteiger partial charge in [0.2, 0.25) is 0 Å². The molecule has 1 unspecified atom stereocenters. The maximum Gasteiger partial charge on any atom is 0.135 e. The molecule has 3 aliphatic rings. The van der Waals surface area contributed by atoms with E-state index in [4.69, 9.17) is 10.2 Å². The summed E-state index contributed by atoms with van der Waals surface area (Å²) in [6.07, 6.45) is 0. The first kappa shape index (κ1) is 15.9. The molecule has 1 heterocycles. The molecular weight excluding hydrogens is 556 g/mol. The number of rotatable bonds is 1. The largest absolute Gasteiger partial charge is 0.456 e. The lowest BCUT2D eigenvalue weighted by Gasteiger charge is -2.31. The lowest BCUT2D eigenvalue weighted by molar-refractivity contribution is 0.487. The third-order valence-corrected chi connectivity index (χ3v) is 9.70. The summed E-state index contributed by atoms with van der Waals surface area (Å²) in [5, 5.41) is 1.84. The van der Waals surface area contributed by atoms with E-state index in [0.29, 0.717) is 22.4 Å². The summed E-state index contributed by atoms with van der Waals surface area (Å²) < 4.78 is 118. The molecule has 2 aliphatic carbocycles. The van der Waals surface area contributed by atoms with Gasteiger partial charge in [0.05, 0.1) is 21.9 Å². The monoisotopic (exact) mass is 594 g/mol. The average Bonchev–Trinajstić information content (AvgIpc) is 3.72. The van der Waals surface area contributed by atoms with E-state index in [0.717, 1.165) is 21.9 Å². The Morgan fingerprint density at radius 3 is 2.22 bits per heavy atom. The van der Waals surface area contributed by atoms with Gasteiger partial charge in [-0.15, -0.1) is 0 Å². The van der Waals surface area contributed by atoms with Crippen molar-refractivity contribution >= 4 is 21.5 Å². The minimum atomic E-state index is -1.61. The van der Waals surface area contributed by atoms with E-state index < -0.39 is 59.8 Å². The van der Waals surface area contributed by atoms with Crippen molar-refractivity contribution in [3.63, 3.8) is 0 Å². The van der Waals surface area contributed by atoms with E-state index in [1.807, 2.05) is 60.7 Å². The van der Waals surface area contributed by atoms with Gasteiger partial charge in [0.1, 0.15) is 11.5 Å². The van der Waals surface area contributed by atoms with Crippen LogP contribution in [0.1, 0.15) is 38.7 Å². The molecule has 11 rings (SSSR count). The van der Waals surface area contributed by atoms with E-state index in [2.05, 4.69) is 0 Å². The predicted molar refractivity (Wildman–Crippen MR) is 189 cm³/mol. The number of hydrogen-bond acceptors (Lipinski definition) is 1. The van der Waals surface area contributed by atoms with Crippen molar-refractivity contribution in [2.24, 2.45) is 0 Å². The molecule has 1 nitrogen and oxygen atoms in total. The van der Waals surface area contributed by atoms with Crippen molar-refractivity contribution in [3.8, 4) is 56.0 Å². The fourth-order valence-corrected chi connectivity index (χ4v) is 7.90. The number of para-hydroxylation sites is 1. The number of fused-ring (bicyclic) bond motifs is 14. The summed E-state index contributed by atoms with van der Waals surface area (Å²) in [6.45, 7) is 0. The molecule has 1 aliphatic heterocycles. The van der Waals surface area contributed by atoms with Crippen LogP contribution in [0.5, 0.6) is 11.5 Å². The second kappa shape index (κ2) is 8.62. The Hall–Kier alpha value is -5.92. The van der Waals surface area contributed by atoms with Gasteiger partial charge >= 0.3 is 0 Å². The van der Waals surface area contributed by atoms with Gasteiger partial charge in [0.25, 0.3) is 0 Å². The van der Waals surface area contributed by atoms with Gasteiger partial charge in [-0.1, -0.05) is 139 Å². The van der Waals surface area contributed by atoms with Crippen LogP contribution in [0.2, 0.25) is 0 Å². The molecule has 0 saturated heterocycles. The Balaban J connectivity index is 1.38. The zero-order chi connectivity index (χ0) is 40.4. The molecule has 1 atom stereocenters. The SMILES string of the molecule is [2H]c1c([2H])c([2H])c2c(c1[2H])-c1c([2H])c([2H])c(-c3c([2H])c([2H])c4c5c(c([2H])c([2H])c([2H])c35)-c3ccccc3O4)c([2H])c1C21c2ccccc2-c2c1ccc1ccccc21. The molecule has 0 fully saturated rings. The van der Waals surface area contributed by atoms with Gasteiger partial charge in [-0.05, 0) is 95.5 Å². The number of benzene rings is 8. The summed E-state index contributed by atoms with van der Waals surface area (Å²) >= 11 is 0. The Kier molecular flexibility index (Phi) is 2.98. The zero-order valence-electron chi connectivity index (χ0n) is 36.0. The summed E-state index contributed by atoms with van der Waals surface area (Å²) in [7, 11) is 0. The highest BCUT2D eigenvalue weighted by molar-refractivity contribution is 6.11. The normalized spacial score (nSPS) is 19.7. The maximum absolute atomic E-state index is 10.3. The predicted octanol–water partition coefficient (Wildman–Crippen LogP) is 11.8. The fraction of sp³-hybridized carbons (Fsp3) is 0.0222. The zero-order valence-corrected chi connectivity index (χ0v) is 24.0. The van der Waals surface area contributed by atoms with Crippen LogP contribution >= 0.6 is 0 Å². The lowest BCUT2D eigenvalue weighted by atomic mass is 9.70. The first-order chi connectivity index (χ1) is 27.8. The Labute approximate surface area is 283 Å². The molecule has 0 amide bonds. The summed E-state index contributed by atoms with van der Waals surface area (Å²) in [6, 6.07) is 20.6. The van der Waals surface area contributed by atoms with Gasteiger partial charge in [-0.25, -0.2) is 0 Å². The minimum Gasteiger partial charge on any atom is -0.456 e. The molecule has 0 radical (unpaired) electrons. The van der Waals surface area contributed by atoms with Crippen LogP contribution in [0.3, 0.4) is 0 Å². The summed E-state index contributed by atoms with van der Waals surface area (Å²) in [4.78, 5) is 0. The molecule has 0 aromatic heterocycles. The smallest absolute Gasteiger partial charge is 0.135 e. The number of ether oxygens (including phenoxy) is 1. The Morgan fingerprint density at radius 1 is 0.457 bits per heavy atom. The van der Waals surface area contributed by atoms with Crippen molar-refractivity contribution in [2.45, 2.75) is 5.41 Å². The quantitative estimate of drug-likeness (QED) is 0.184. The highest BCUT2D eigenvalue weighted by atomic mass is 16.5. The second-order valence-electron chi connectivity index (χ2n) is 11.8. The van der Waals surface area contributed by atoms with Gasteiger partial charge in [0, 0.05) is 10.9 Å². The topological polar surface area (TPSA) is 9.23 Å². The first-order valence-electron chi connectivity index (χ1n) is 21.1. The fourth-order valence-electron chi connectivity index (χ4n) is 7.90. The molecule has 46 heavy (non-hydrogen) atoms. The van der Waals surface area contributed by atoms with Crippen molar-refractivity contribution in [1.82, 2.24) is 0 Å². The van der Waals surface area contributed by atoms with E-state index in [9.17, 15) is 11.0 Å². The van der Waals surface area contributed by atoms with Gasteiger partial charge < -0.3 is 4.74 Å². The Morgan fingerprint density at radius 2 is 1.24 bits per heavy atom. The third kappa shape index (κ3) is 2.87. The third-order valence-electron chi connectivity index (χ3n) is 9.70. The molecule has 0 bridgehead atoms. The van der Waals surface area contributed by atoms with Crippen molar-refractivity contribution in [3.05, 3.63) is 180 Å². The summed E-state index contributed by atoms with van der Waals surface area (Å²) in [5.41, 5.74) is 1.65. The van der Waals surface area contributed by atoms with Crippen LogP contribution in [-0.2, 0) is 5.41 Å². The van der Waals surface area contributed by atoms with Crippen LogP contribution < -0.4 is 4.74 Å². The van der Waals surface area contributed by atoms with E-state index in [1.165, 1.54) is 0 Å². The molecule has 8 aromatic rings. The standard InChI is InChI=1S/C45H26O/c1-2-11-30-27(10-1)21-24-39-43(30)36-14-4-7-18-38(36)45(39)37-17-6-3-12-31(37)32-22-20-28(26-40(32)45)29-23-25-42-44-34(29)15-9-16-35(44)33-13-5-8-19-41(33)46-42/h1-26H/i3D,6D,9D,12D,15D,16D,17D,20D,22D,23D,25D,26D. The summed E-state index contributed by atoms with van der Waals surface area (Å²) in [5.74, 6) is 0.212. The van der Waals surface area contributed by atoms with Crippen LogP contribution in [0.15, 0.2) is 157 Å². The van der Waals surface area contributed by atoms with E-state index >= 15 is 0 Å². The second-order valence-corrected chi connectivity index (χ2v) is 11.8. The lowest BCUT2D eigenvalue weighted by Crippen LogP contribution is -2.25. The van der Waals surface area contributed by atoms with Crippen LogP contribution in [0, 0.1) is 0 Å². The molecule has 212 valence electrons. The van der Waals surface area contributed by atoms with Crippen LogP contribution in [0.25, 0.3) is 66.1 Å². The molecule has 0 saturated carbocycles. The average molecular weight is 595 g/mol. The van der Waals surface area contributed by atoms with Gasteiger partial charge in [0.15, 0.2) is 0 Å². The van der Waals surface area contributed by atoms with Gasteiger partial charge in [-0.2, -0.15) is 0 Å². The first-order valence-corrected chi connectivity index (χ1v) is 15.1. The van der Waals surface area contributed by atoms with E-state index in [1.54, 1.807) is 24.3 Å². The molecule has 1 heteroatoms. The highest BCUT2D eigenvalue weighted by Gasteiger charge is 2.52.